The molecule has 0 amide bonds. The largest absolute Gasteiger partial charge is 0.392 e. The molecule has 0 aromatic heterocycles. The first-order valence-corrected chi connectivity index (χ1v) is 7.83. The molecule has 0 radical (unpaired) electrons. The summed E-state index contributed by atoms with van der Waals surface area (Å²) >= 11 is 0. The third kappa shape index (κ3) is 1.35. The molecule has 2 N–H and O–H groups in total. The fourth-order valence-corrected chi connectivity index (χ4v) is 5.69. The number of hydrogen-bond donors (Lipinski definition) is 2. The van der Waals surface area contributed by atoms with E-state index in [2.05, 4.69) is 19.1 Å². The predicted molar refractivity (Wildman–Crippen MR) is 73.7 cm³/mol. The monoisotopic (exact) mass is 277 g/mol. The van der Waals surface area contributed by atoms with Gasteiger partial charge in [0.05, 0.1) is 6.10 Å². The normalized spacial score (nSPS) is 57.4. The van der Waals surface area contributed by atoms with Crippen LogP contribution < -0.4 is 0 Å². The molecule has 4 rings (SSSR count). The Hall–Kier alpha value is -0.710. The molecule has 2 bridgehead atoms. The van der Waals surface area contributed by atoms with Gasteiger partial charge in [0, 0.05) is 30.8 Å². The molecule has 4 nitrogen and oxygen atoms in total. The van der Waals surface area contributed by atoms with Crippen LogP contribution in [0.3, 0.4) is 0 Å². The Bertz CT molecular complexity index is 490. The minimum Gasteiger partial charge on any atom is -0.392 e. The summed E-state index contributed by atoms with van der Waals surface area (Å²) in [5, 5.41) is 21.8. The number of aliphatic hydroxyl groups excluding tert-OH is 1. The van der Waals surface area contributed by atoms with Crippen LogP contribution in [0.25, 0.3) is 0 Å². The van der Waals surface area contributed by atoms with Crippen molar-refractivity contribution in [2.45, 2.75) is 44.4 Å². The summed E-state index contributed by atoms with van der Waals surface area (Å²) in [6, 6.07) is 0. The molecular weight excluding hydrogens is 254 g/mol. The highest BCUT2D eigenvalue weighted by molar-refractivity contribution is 5.86. The molecule has 110 valence electrons. The molecule has 3 fully saturated rings. The first kappa shape index (κ1) is 13.0. The van der Waals surface area contributed by atoms with Crippen molar-refractivity contribution >= 4 is 5.78 Å². The summed E-state index contributed by atoms with van der Waals surface area (Å²) in [7, 11) is 0. The van der Waals surface area contributed by atoms with E-state index in [0.717, 1.165) is 6.42 Å². The average Bonchev–Trinajstić information content (AvgIpc) is 2.60. The van der Waals surface area contributed by atoms with Crippen LogP contribution in [0.2, 0.25) is 0 Å². The molecular formula is C16H23NO3. The van der Waals surface area contributed by atoms with Gasteiger partial charge in [0.1, 0.15) is 11.5 Å². The molecule has 2 aliphatic heterocycles. The lowest BCUT2D eigenvalue weighted by Gasteiger charge is -2.59. The van der Waals surface area contributed by atoms with Crippen LogP contribution in [0.15, 0.2) is 12.2 Å². The van der Waals surface area contributed by atoms with Gasteiger partial charge in [-0.2, -0.15) is 0 Å². The third-order valence-corrected chi connectivity index (χ3v) is 6.28. The van der Waals surface area contributed by atoms with Crippen LogP contribution in [0, 0.1) is 23.2 Å². The number of Topliss-reactive ketones (excluding diaryl/α,β-unsaturated/α-hetero) is 1. The quantitative estimate of drug-likeness (QED) is 0.647. The average molecular weight is 277 g/mol. The minimum absolute atomic E-state index is 0.207. The molecule has 20 heavy (non-hydrogen) atoms. The van der Waals surface area contributed by atoms with Crippen LogP contribution in [-0.4, -0.2) is 45.8 Å². The molecule has 0 aromatic rings. The minimum atomic E-state index is -0.946. The molecule has 1 spiro atoms. The Labute approximate surface area is 119 Å². The van der Waals surface area contributed by atoms with Gasteiger partial charge in [-0.3, -0.25) is 9.69 Å². The van der Waals surface area contributed by atoms with E-state index >= 15 is 0 Å². The molecule has 7 atom stereocenters. The van der Waals surface area contributed by atoms with Gasteiger partial charge in [0.2, 0.25) is 0 Å². The number of aliphatic hydroxyl groups is 2. The zero-order valence-corrected chi connectivity index (χ0v) is 12.0. The van der Waals surface area contributed by atoms with Gasteiger partial charge in [0.25, 0.3) is 0 Å². The Morgan fingerprint density at radius 1 is 1.40 bits per heavy atom. The lowest BCUT2D eigenvalue weighted by atomic mass is 9.55. The van der Waals surface area contributed by atoms with Crippen molar-refractivity contribution in [3.63, 3.8) is 0 Å². The van der Waals surface area contributed by atoms with Gasteiger partial charge in [-0.15, -0.1) is 0 Å². The van der Waals surface area contributed by atoms with Gasteiger partial charge in [0.15, 0.2) is 0 Å². The van der Waals surface area contributed by atoms with Crippen molar-refractivity contribution in [2.75, 3.05) is 13.1 Å². The highest BCUT2D eigenvalue weighted by atomic mass is 16.3. The van der Waals surface area contributed by atoms with Crippen LogP contribution in [0.5, 0.6) is 0 Å². The van der Waals surface area contributed by atoms with E-state index in [1.807, 2.05) is 4.90 Å². The standard InChI is InChI=1S/C16H23NO3/c1-10-5-11-6-14(19)13-7-12(18)9-17-4-2-3-15(11,13)16(17,20)8-10/h2-3,10-13,18,20H,4-9H2,1H3/t10-,11+,12-,13-,15-,16+/m1/s1. The lowest BCUT2D eigenvalue weighted by molar-refractivity contribution is -0.228. The number of ketones is 1. The van der Waals surface area contributed by atoms with Crippen LogP contribution in [-0.2, 0) is 4.79 Å². The second-order valence-corrected chi connectivity index (χ2v) is 7.41. The van der Waals surface area contributed by atoms with Crippen molar-refractivity contribution < 1.29 is 15.0 Å². The van der Waals surface area contributed by atoms with E-state index in [-0.39, 0.29) is 17.6 Å². The van der Waals surface area contributed by atoms with E-state index in [4.69, 9.17) is 0 Å². The van der Waals surface area contributed by atoms with Gasteiger partial charge < -0.3 is 10.2 Å². The lowest BCUT2D eigenvalue weighted by Crippen LogP contribution is -2.66. The zero-order valence-electron chi connectivity index (χ0n) is 12.0. The Morgan fingerprint density at radius 2 is 2.20 bits per heavy atom. The van der Waals surface area contributed by atoms with Crippen LogP contribution >= 0.6 is 0 Å². The summed E-state index contributed by atoms with van der Waals surface area (Å²) in [6.07, 6.45) is 6.52. The number of rotatable bonds is 0. The summed E-state index contributed by atoms with van der Waals surface area (Å²) in [6.45, 7) is 3.33. The maximum absolute atomic E-state index is 12.5. The van der Waals surface area contributed by atoms with Crippen LogP contribution in [0.1, 0.15) is 32.6 Å². The van der Waals surface area contributed by atoms with Gasteiger partial charge >= 0.3 is 0 Å². The van der Waals surface area contributed by atoms with Crippen molar-refractivity contribution in [3.8, 4) is 0 Å². The topological polar surface area (TPSA) is 60.8 Å². The van der Waals surface area contributed by atoms with Gasteiger partial charge in [-0.25, -0.2) is 0 Å². The summed E-state index contributed by atoms with van der Waals surface area (Å²) < 4.78 is 0. The molecule has 2 heterocycles. The molecule has 4 heteroatoms. The van der Waals surface area contributed by atoms with E-state index in [0.29, 0.717) is 38.3 Å². The number of carbonyl (C=O) groups is 1. The maximum atomic E-state index is 12.5. The number of hydrogen-bond acceptors (Lipinski definition) is 4. The fourth-order valence-electron chi connectivity index (χ4n) is 5.69. The molecule has 2 aliphatic carbocycles. The van der Waals surface area contributed by atoms with Gasteiger partial charge in [-0.05, 0) is 31.1 Å². The van der Waals surface area contributed by atoms with E-state index < -0.39 is 17.2 Å². The zero-order chi connectivity index (χ0) is 14.1. The van der Waals surface area contributed by atoms with Crippen LogP contribution in [0.4, 0.5) is 0 Å². The van der Waals surface area contributed by atoms with Crippen molar-refractivity contribution in [2.24, 2.45) is 23.2 Å². The van der Waals surface area contributed by atoms with Crippen molar-refractivity contribution in [1.29, 1.82) is 0 Å². The summed E-state index contributed by atoms with van der Waals surface area (Å²) in [5.41, 5.74) is -1.40. The molecule has 2 saturated carbocycles. The van der Waals surface area contributed by atoms with E-state index in [9.17, 15) is 15.0 Å². The second kappa shape index (κ2) is 3.93. The van der Waals surface area contributed by atoms with Crippen molar-refractivity contribution in [1.82, 2.24) is 4.90 Å². The number of nitrogens with zero attached hydrogens (tertiary/aromatic N) is 1. The first-order valence-electron chi connectivity index (χ1n) is 7.83. The fraction of sp³-hybridized carbons (Fsp3) is 0.812. The predicted octanol–water partition coefficient (Wildman–Crippen LogP) is 0.933. The molecule has 1 saturated heterocycles. The highest BCUT2D eigenvalue weighted by Crippen LogP contribution is 2.64. The highest BCUT2D eigenvalue weighted by Gasteiger charge is 2.69. The summed E-state index contributed by atoms with van der Waals surface area (Å²) in [5.74, 6) is 0.698. The molecule has 0 aromatic carbocycles. The SMILES string of the molecule is C[C@@H]1C[C@H]2CC(=O)[C@H]3C[C@@H](O)CN4CC=C[C@@]23[C@@]4(O)C1. The third-order valence-electron chi connectivity index (χ3n) is 6.28. The molecule has 1 unspecified atom stereocenters. The Kier molecular flexibility index (Phi) is 2.55. The Morgan fingerprint density at radius 3 is 3.00 bits per heavy atom. The van der Waals surface area contributed by atoms with E-state index in [1.165, 1.54) is 0 Å². The van der Waals surface area contributed by atoms with Gasteiger partial charge in [-0.1, -0.05) is 19.1 Å². The number of carbonyl (C=O) groups excluding carboxylic acids is 1. The Balaban J connectivity index is 1.94. The van der Waals surface area contributed by atoms with E-state index in [1.54, 1.807) is 0 Å². The maximum Gasteiger partial charge on any atom is 0.137 e. The van der Waals surface area contributed by atoms with Crippen molar-refractivity contribution in [3.05, 3.63) is 12.2 Å². The summed E-state index contributed by atoms with van der Waals surface area (Å²) in [4.78, 5) is 14.5. The second-order valence-electron chi connectivity index (χ2n) is 7.41. The first-order chi connectivity index (χ1) is 9.47. The molecule has 4 aliphatic rings. The smallest absolute Gasteiger partial charge is 0.137 e.